The second-order valence-corrected chi connectivity index (χ2v) is 9.43. The summed E-state index contributed by atoms with van der Waals surface area (Å²) in [6, 6.07) is 8.89. The predicted molar refractivity (Wildman–Crippen MR) is 61.2 cm³/mol. The fourth-order valence-corrected chi connectivity index (χ4v) is 2.25. The van der Waals surface area contributed by atoms with Gasteiger partial charge in [-0.2, -0.15) is 0 Å². The van der Waals surface area contributed by atoms with E-state index in [2.05, 4.69) is 0 Å². The number of rotatable bonds is 5. The number of aliphatic hydroxyl groups is 3. The summed E-state index contributed by atoms with van der Waals surface area (Å²) < 4.78 is 5.62. The average molecular weight is 232 g/mol. The molecule has 0 saturated heterocycles. The molecular formula is C10H17O4P. The standard InChI is InChI=1S/C10H17O4P/c1-15(7-11,8-12,9-13)14-10-5-3-2-4-6-10/h2-6,11-13H,7-9H2,1H3. The molecular weight excluding hydrogens is 215 g/mol. The SMILES string of the molecule is CP(CO)(CO)(CO)Oc1ccccc1. The number of para-hydroxylation sites is 1. The Morgan fingerprint density at radius 1 is 1.00 bits per heavy atom. The van der Waals surface area contributed by atoms with Crippen LogP contribution in [0.2, 0.25) is 0 Å². The van der Waals surface area contributed by atoms with E-state index in [-0.39, 0.29) is 19.0 Å². The van der Waals surface area contributed by atoms with Gasteiger partial charge in [0.1, 0.15) is 0 Å². The number of hydrogen-bond donors (Lipinski definition) is 3. The quantitative estimate of drug-likeness (QED) is 0.663. The van der Waals surface area contributed by atoms with Crippen LogP contribution < -0.4 is 4.52 Å². The Kier molecular flexibility index (Phi) is 3.68. The van der Waals surface area contributed by atoms with Crippen LogP contribution in [0.5, 0.6) is 5.75 Å². The van der Waals surface area contributed by atoms with Crippen molar-refractivity contribution in [1.29, 1.82) is 0 Å². The van der Waals surface area contributed by atoms with Crippen LogP contribution in [0.1, 0.15) is 0 Å². The molecule has 0 unspecified atom stereocenters. The molecule has 0 aromatic heterocycles. The first kappa shape index (κ1) is 12.4. The van der Waals surface area contributed by atoms with E-state index in [1.165, 1.54) is 0 Å². The summed E-state index contributed by atoms with van der Waals surface area (Å²) in [4.78, 5) is 0. The summed E-state index contributed by atoms with van der Waals surface area (Å²) in [5.41, 5.74) is 0. The molecule has 0 heterocycles. The van der Waals surface area contributed by atoms with Crippen LogP contribution in [0.3, 0.4) is 0 Å². The second kappa shape index (κ2) is 4.45. The molecule has 4 nitrogen and oxygen atoms in total. The summed E-state index contributed by atoms with van der Waals surface area (Å²) in [6.07, 6.45) is -1.02. The fraction of sp³-hybridized carbons (Fsp3) is 0.400. The van der Waals surface area contributed by atoms with Gasteiger partial charge in [0, 0.05) is 0 Å². The summed E-state index contributed by atoms with van der Waals surface area (Å²) in [5.74, 6) is 0.551. The van der Waals surface area contributed by atoms with Crippen molar-refractivity contribution in [1.82, 2.24) is 0 Å². The van der Waals surface area contributed by atoms with Gasteiger partial charge in [0.15, 0.2) is 0 Å². The third-order valence-electron chi connectivity index (χ3n) is 2.33. The van der Waals surface area contributed by atoms with Crippen molar-refractivity contribution in [3.05, 3.63) is 30.3 Å². The molecule has 0 aliphatic heterocycles. The maximum atomic E-state index is 9.31. The molecule has 0 spiro atoms. The summed E-state index contributed by atoms with van der Waals surface area (Å²) >= 11 is 0. The van der Waals surface area contributed by atoms with Crippen molar-refractivity contribution in [3.63, 3.8) is 0 Å². The van der Waals surface area contributed by atoms with Gasteiger partial charge in [-0.05, 0) is 0 Å². The van der Waals surface area contributed by atoms with Crippen LogP contribution >= 0.6 is 6.83 Å². The first-order valence-electron chi connectivity index (χ1n) is 4.64. The Labute approximate surface area is 89.1 Å². The normalized spacial score (nSPS) is 14.3. The van der Waals surface area contributed by atoms with E-state index in [0.717, 1.165) is 0 Å². The molecule has 0 bridgehead atoms. The first-order valence-corrected chi connectivity index (χ1v) is 7.80. The molecule has 0 amide bonds. The van der Waals surface area contributed by atoms with Crippen molar-refractivity contribution in [2.24, 2.45) is 0 Å². The predicted octanol–water partition coefficient (Wildman–Crippen LogP) is 1.01. The Bertz CT molecular complexity index is 299. The molecule has 0 aliphatic carbocycles. The van der Waals surface area contributed by atoms with Gasteiger partial charge in [-0.3, -0.25) is 0 Å². The Morgan fingerprint density at radius 2 is 1.47 bits per heavy atom. The van der Waals surface area contributed by atoms with Crippen molar-refractivity contribution in [2.75, 3.05) is 25.7 Å². The minimum absolute atomic E-state index is 0.340. The molecule has 0 aliphatic rings. The number of aliphatic hydroxyl groups excluding tert-OH is 3. The molecule has 1 aromatic carbocycles. The first-order chi connectivity index (χ1) is 7.06. The van der Waals surface area contributed by atoms with E-state index in [9.17, 15) is 15.3 Å². The van der Waals surface area contributed by atoms with E-state index >= 15 is 0 Å². The Morgan fingerprint density at radius 3 is 1.87 bits per heavy atom. The fourth-order valence-electron chi connectivity index (χ4n) is 1.03. The van der Waals surface area contributed by atoms with Crippen molar-refractivity contribution < 1.29 is 19.8 Å². The van der Waals surface area contributed by atoms with Gasteiger partial charge in [0.05, 0.1) is 0 Å². The Balaban J connectivity index is 2.95. The zero-order valence-corrected chi connectivity index (χ0v) is 9.60. The summed E-state index contributed by atoms with van der Waals surface area (Å²) in [6.45, 7) is -1.65. The van der Waals surface area contributed by atoms with E-state index < -0.39 is 6.83 Å². The summed E-state index contributed by atoms with van der Waals surface area (Å²) in [7, 11) is 0. The molecule has 1 aromatic rings. The zero-order chi connectivity index (χ0) is 11.4. The van der Waals surface area contributed by atoms with E-state index in [1.807, 2.05) is 6.07 Å². The molecule has 15 heavy (non-hydrogen) atoms. The molecule has 1 rings (SSSR count). The third kappa shape index (κ3) is 2.67. The second-order valence-electron chi connectivity index (χ2n) is 4.02. The van der Waals surface area contributed by atoms with Crippen molar-refractivity contribution in [2.45, 2.75) is 0 Å². The molecule has 3 N–H and O–H groups in total. The topological polar surface area (TPSA) is 69.9 Å². The van der Waals surface area contributed by atoms with Crippen LogP contribution in [0.15, 0.2) is 30.3 Å². The molecule has 0 saturated carbocycles. The molecule has 0 atom stereocenters. The van der Waals surface area contributed by atoms with Crippen LogP contribution in [0.4, 0.5) is 0 Å². The van der Waals surface area contributed by atoms with Gasteiger partial charge in [-0.15, -0.1) is 0 Å². The van der Waals surface area contributed by atoms with Crippen LogP contribution in [0.25, 0.3) is 0 Å². The van der Waals surface area contributed by atoms with Crippen LogP contribution in [0, 0.1) is 0 Å². The third-order valence-corrected chi connectivity index (χ3v) is 5.51. The monoisotopic (exact) mass is 232 g/mol. The zero-order valence-electron chi connectivity index (χ0n) is 8.71. The number of hydrogen-bond acceptors (Lipinski definition) is 4. The molecule has 5 heteroatoms. The van der Waals surface area contributed by atoms with Crippen LogP contribution in [-0.2, 0) is 0 Å². The molecule has 86 valence electrons. The summed E-state index contributed by atoms with van der Waals surface area (Å²) in [5, 5.41) is 27.9. The van der Waals surface area contributed by atoms with E-state index in [0.29, 0.717) is 5.75 Å². The molecule has 0 radical (unpaired) electrons. The maximum absolute atomic E-state index is 9.31. The number of benzene rings is 1. The van der Waals surface area contributed by atoms with Crippen molar-refractivity contribution in [3.8, 4) is 5.75 Å². The van der Waals surface area contributed by atoms with Gasteiger partial charge in [-0.25, -0.2) is 0 Å². The van der Waals surface area contributed by atoms with Gasteiger partial charge in [-0.1, -0.05) is 0 Å². The molecule has 0 fully saturated rings. The van der Waals surface area contributed by atoms with Gasteiger partial charge < -0.3 is 0 Å². The van der Waals surface area contributed by atoms with E-state index in [4.69, 9.17) is 4.52 Å². The van der Waals surface area contributed by atoms with Crippen LogP contribution in [-0.4, -0.2) is 41.0 Å². The van der Waals surface area contributed by atoms with Gasteiger partial charge in [0.25, 0.3) is 0 Å². The van der Waals surface area contributed by atoms with Crippen molar-refractivity contribution >= 4 is 6.83 Å². The van der Waals surface area contributed by atoms with Gasteiger partial charge in [0.2, 0.25) is 0 Å². The Hall–Kier alpha value is -0.670. The van der Waals surface area contributed by atoms with E-state index in [1.54, 1.807) is 30.9 Å². The average Bonchev–Trinajstić information content (AvgIpc) is 2.31. The van der Waals surface area contributed by atoms with Gasteiger partial charge >= 0.3 is 88.5 Å². The minimum atomic E-state index is -3.26.